The molecule has 21 heavy (non-hydrogen) atoms. The molecule has 0 saturated carbocycles. The highest BCUT2D eigenvalue weighted by atomic mass is 79.9. The van der Waals surface area contributed by atoms with Crippen LogP contribution >= 0.6 is 27.5 Å². The molecule has 1 aliphatic rings. The van der Waals surface area contributed by atoms with Gasteiger partial charge in [0.1, 0.15) is 5.75 Å². The lowest BCUT2D eigenvalue weighted by molar-refractivity contribution is 0.413. The molecule has 0 spiro atoms. The Morgan fingerprint density at radius 1 is 1.33 bits per heavy atom. The molecule has 2 aromatic rings. The number of hydrogen-bond donors (Lipinski definition) is 1. The number of nitrogens with zero attached hydrogens (tertiary/aromatic N) is 1. The standard InChI is InChI=1S/C16H16BrClN2O/c1-21-14-5-3-10-2-4-13(6-11(10)7-14)20-15-8-12(17)9-19-16(15)18/h3,5,7-9,13,20H,2,4,6H2,1H3. The fraction of sp³-hybridized carbons (Fsp3) is 0.312. The quantitative estimate of drug-likeness (QED) is 0.812. The van der Waals surface area contributed by atoms with Crippen molar-refractivity contribution >= 4 is 33.2 Å². The van der Waals surface area contributed by atoms with Crippen LogP contribution in [-0.2, 0) is 12.8 Å². The Morgan fingerprint density at radius 2 is 2.19 bits per heavy atom. The van der Waals surface area contributed by atoms with Crippen LogP contribution in [0.2, 0.25) is 5.15 Å². The topological polar surface area (TPSA) is 34.1 Å². The summed E-state index contributed by atoms with van der Waals surface area (Å²) in [6.45, 7) is 0. The minimum Gasteiger partial charge on any atom is -0.497 e. The maximum atomic E-state index is 6.15. The van der Waals surface area contributed by atoms with E-state index in [0.29, 0.717) is 11.2 Å². The summed E-state index contributed by atoms with van der Waals surface area (Å²) in [7, 11) is 1.70. The summed E-state index contributed by atoms with van der Waals surface area (Å²) in [6.07, 6.45) is 4.82. The highest BCUT2D eigenvalue weighted by Gasteiger charge is 2.20. The molecule has 1 aromatic carbocycles. The number of nitrogens with one attached hydrogen (secondary N) is 1. The largest absolute Gasteiger partial charge is 0.497 e. The Kier molecular flexibility index (Phi) is 4.36. The fourth-order valence-corrected chi connectivity index (χ4v) is 3.22. The number of aryl methyl sites for hydroxylation is 1. The normalized spacial score (nSPS) is 17.2. The molecular weight excluding hydrogens is 352 g/mol. The molecule has 0 aliphatic heterocycles. The summed E-state index contributed by atoms with van der Waals surface area (Å²) >= 11 is 9.58. The van der Waals surface area contributed by atoms with Gasteiger partial charge in [-0.05, 0) is 64.5 Å². The highest BCUT2D eigenvalue weighted by molar-refractivity contribution is 9.10. The molecular formula is C16H16BrClN2O. The molecule has 3 rings (SSSR count). The van der Waals surface area contributed by atoms with Gasteiger partial charge in [0.15, 0.2) is 5.15 Å². The zero-order chi connectivity index (χ0) is 14.8. The van der Waals surface area contributed by atoms with Crippen LogP contribution in [0.15, 0.2) is 34.9 Å². The van der Waals surface area contributed by atoms with Crippen LogP contribution in [0, 0.1) is 0 Å². The molecule has 0 amide bonds. The number of ether oxygens (including phenoxy) is 1. The van der Waals surface area contributed by atoms with Crippen molar-refractivity contribution in [2.75, 3.05) is 12.4 Å². The summed E-state index contributed by atoms with van der Waals surface area (Å²) in [6, 6.07) is 8.65. The van der Waals surface area contributed by atoms with Crippen LogP contribution in [0.25, 0.3) is 0 Å². The van der Waals surface area contributed by atoms with E-state index in [4.69, 9.17) is 16.3 Å². The van der Waals surface area contributed by atoms with Crippen LogP contribution < -0.4 is 10.1 Å². The van der Waals surface area contributed by atoms with Gasteiger partial charge in [0.2, 0.25) is 0 Å². The average molecular weight is 368 g/mol. The van der Waals surface area contributed by atoms with Gasteiger partial charge >= 0.3 is 0 Å². The lowest BCUT2D eigenvalue weighted by Gasteiger charge is -2.27. The predicted molar refractivity (Wildman–Crippen MR) is 89.4 cm³/mol. The summed E-state index contributed by atoms with van der Waals surface area (Å²) in [5.74, 6) is 0.913. The van der Waals surface area contributed by atoms with E-state index >= 15 is 0 Å². The van der Waals surface area contributed by atoms with E-state index < -0.39 is 0 Å². The van der Waals surface area contributed by atoms with Crippen LogP contribution in [0.5, 0.6) is 5.75 Å². The van der Waals surface area contributed by atoms with Crippen LogP contribution in [-0.4, -0.2) is 18.1 Å². The van der Waals surface area contributed by atoms with Gasteiger partial charge in [-0.25, -0.2) is 4.98 Å². The SMILES string of the molecule is COc1ccc2c(c1)CC(Nc1cc(Br)cnc1Cl)CC2. The number of pyridine rings is 1. The van der Waals surface area contributed by atoms with Crippen molar-refractivity contribution in [2.45, 2.75) is 25.3 Å². The summed E-state index contributed by atoms with van der Waals surface area (Å²) < 4.78 is 6.23. The second-order valence-electron chi connectivity index (χ2n) is 5.21. The third-order valence-electron chi connectivity index (χ3n) is 3.81. The van der Waals surface area contributed by atoms with Crippen molar-refractivity contribution in [1.29, 1.82) is 0 Å². The van der Waals surface area contributed by atoms with Gasteiger partial charge in [-0.1, -0.05) is 17.7 Å². The second-order valence-corrected chi connectivity index (χ2v) is 6.48. The third kappa shape index (κ3) is 3.33. The number of hydrogen-bond acceptors (Lipinski definition) is 3. The molecule has 0 saturated heterocycles. The number of halogens is 2. The number of rotatable bonds is 3. The molecule has 0 fully saturated rings. The maximum Gasteiger partial charge on any atom is 0.152 e. The Morgan fingerprint density at radius 3 is 3.00 bits per heavy atom. The van der Waals surface area contributed by atoms with Crippen molar-refractivity contribution in [2.24, 2.45) is 0 Å². The highest BCUT2D eigenvalue weighted by Crippen LogP contribution is 2.29. The smallest absolute Gasteiger partial charge is 0.152 e. The Bertz CT molecular complexity index is 663. The van der Waals surface area contributed by atoms with Crippen LogP contribution in [0.4, 0.5) is 5.69 Å². The molecule has 110 valence electrons. The van der Waals surface area contributed by atoms with Crippen molar-refractivity contribution in [3.63, 3.8) is 0 Å². The van der Waals surface area contributed by atoms with Crippen LogP contribution in [0.1, 0.15) is 17.5 Å². The van der Waals surface area contributed by atoms with Crippen molar-refractivity contribution in [3.05, 3.63) is 51.2 Å². The van der Waals surface area contributed by atoms with E-state index in [0.717, 1.165) is 35.2 Å². The molecule has 1 N–H and O–H groups in total. The Hall–Kier alpha value is -1.26. The zero-order valence-electron chi connectivity index (χ0n) is 11.7. The molecule has 1 aliphatic carbocycles. The lowest BCUT2D eigenvalue weighted by atomic mass is 9.88. The first kappa shape index (κ1) is 14.7. The number of fused-ring (bicyclic) bond motifs is 1. The second kappa shape index (κ2) is 6.24. The first-order chi connectivity index (χ1) is 10.2. The summed E-state index contributed by atoms with van der Waals surface area (Å²) in [4.78, 5) is 4.15. The monoisotopic (exact) mass is 366 g/mol. The summed E-state index contributed by atoms with van der Waals surface area (Å²) in [5.41, 5.74) is 3.63. The van der Waals surface area contributed by atoms with Crippen molar-refractivity contribution < 1.29 is 4.74 Å². The molecule has 5 heteroatoms. The molecule has 0 bridgehead atoms. The fourth-order valence-electron chi connectivity index (χ4n) is 2.73. The first-order valence-corrected chi connectivity index (χ1v) is 8.06. The Labute approximate surface area is 137 Å². The van der Waals surface area contributed by atoms with Gasteiger partial charge in [-0.15, -0.1) is 0 Å². The van der Waals surface area contributed by atoms with E-state index in [1.54, 1.807) is 13.3 Å². The number of methoxy groups -OCH3 is 1. The molecule has 1 heterocycles. The third-order valence-corrected chi connectivity index (χ3v) is 4.54. The van der Waals surface area contributed by atoms with Gasteiger partial charge in [-0.3, -0.25) is 0 Å². The van der Waals surface area contributed by atoms with E-state index in [1.807, 2.05) is 12.1 Å². The zero-order valence-corrected chi connectivity index (χ0v) is 14.0. The molecule has 3 nitrogen and oxygen atoms in total. The van der Waals surface area contributed by atoms with Crippen molar-refractivity contribution in [1.82, 2.24) is 4.98 Å². The predicted octanol–water partition coefficient (Wildman–Crippen LogP) is 4.48. The molecule has 1 atom stereocenters. The Balaban J connectivity index is 1.78. The van der Waals surface area contributed by atoms with E-state index in [-0.39, 0.29) is 0 Å². The minimum absolute atomic E-state index is 0.359. The molecule has 0 radical (unpaired) electrons. The summed E-state index contributed by atoms with van der Waals surface area (Å²) in [5, 5.41) is 4.01. The van der Waals surface area contributed by atoms with Crippen molar-refractivity contribution in [3.8, 4) is 5.75 Å². The van der Waals surface area contributed by atoms with E-state index in [2.05, 4.69) is 38.4 Å². The van der Waals surface area contributed by atoms with Gasteiger partial charge in [0.05, 0.1) is 12.8 Å². The average Bonchev–Trinajstić information content (AvgIpc) is 2.50. The number of aromatic nitrogens is 1. The van der Waals surface area contributed by atoms with Crippen LogP contribution in [0.3, 0.4) is 0 Å². The minimum atomic E-state index is 0.359. The molecule has 1 aromatic heterocycles. The van der Waals surface area contributed by atoms with Gasteiger partial charge in [0, 0.05) is 16.7 Å². The number of benzene rings is 1. The maximum absolute atomic E-state index is 6.15. The van der Waals surface area contributed by atoms with Gasteiger partial charge in [-0.2, -0.15) is 0 Å². The first-order valence-electron chi connectivity index (χ1n) is 6.89. The number of anilines is 1. The lowest BCUT2D eigenvalue weighted by Crippen LogP contribution is -2.27. The van der Waals surface area contributed by atoms with E-state index in [9.17, 15) is 0 Å². The van der Waals surface area contributed by atoms with Gasteiger partial charge in [0.25, 0.3) is 0 Å². The van der Waals surface area contributed by atoms with E-state index in [1.165, 1.54) is 11.1 Å². The molecule has 1 unspecified atom stereocenters. The van der Waals surface area contributed by atoms with Gasteiger partial charge < -0.3 is 10.1 Å².